The smallest absolute Gasteiger partial charge is 0.265 e. The van der Waals surface area contributed by atoms with Crippen LogP contribution in [0.25, 0.3) is 10.9 Å². The molecule has 0 aliphatic rings. The number of fused-ring (bicyclic) bond motifs is 1. The van der Waals surface area contributed by atoms with Gasteiger partial charge in [-0.3, -0.25) is 4.79 Å². The third-order valence-electron chi connectivity index (χ3n) is 3.44. The van der Waals surface area contributed by atoms with Gasteiger partial charge < -0.3 is 15.6 Å². The molecule has 1 aromatic heterocycles. The van der Waals surface area contributed by atoms with Gasteiger partial charge in [0, 0.05) is 26.5 Å². The van der Waals surface area contributed by atoms with Crippen molar-refractivity contribution in [1.82, 2.24) is 4.98 Å². The van der Waals surface area contributed by atoms with Crippen molar-refractivity contribution in [2.75, 3.05) is 0 Å². The van der Waals surface area contributed by atoms with Crippen LogP contribution in [0.3, 0.4) is 0 Å². The van der Waals surface area contributed by atoms with E-state index in [4.69, 9.17) is 17.3 Å². The summed E-state index contributed by atoms with van der Waals surface area (Å²) in [6.45, 7) is 1.95. The van der Waals surface area contributed by atoms with Gasteiger partial charge in [-0.2, -0.15) is 0 Å². The van der Waals surface area contributed by atoms with E-state index in [2.05, 4.69) is 4.98 Å². The number of amides is 1. The summed E-state index contributed by atoms with van der Waals surface area (Å²) >= 11 is 6.05. The van der Waals surface area contributed by atoms with E-state index in [1.54, 1.807) is 18.2 Å². The lowest BCUT2D eigenvalue weighted by Crippen LogP contribution is -2.22. The van der Waals surface area contributed by atoms with Crippen molar-refractivity contribution in [2.45, 2.75) is 6.92 Å². The number of hydrogen-bond donors (Lipinski definition) is 3. The van der Waals surface area contributed by atoms with E-state index in [1.807, 2.05) is 31.2 Å². The molecule has 1 atom stereocenters. The lowest BCUT2D eigenvalue weighted by atomic mass is 10.2. The lowest BCUT2D eigenvalue weighted by molar-refractivity contribution is 0.0997. The molecular formula is C16H14ClN2O2P. The summed E-state index contributed by atoms with van der Waals surface area (Å²) in [5.41, 5.74) is 7.45. The number of halogens is 1. The average Bonchev–Trinajstić information content (AvgIpc) is 2.85. The van der Waals surface area contributed by atoms with Crippen LogP contribution in [0.2, 0.25) is 5.02 Å². The molecule has 0 saturated carbocycles. The second-order valence-corrected chi connectivity index (χ2v) is 7.08. The Hall–Kier alpha value is -1.87. The van der Waals surface area contributed by atoms with Crippen molar-refractivity contribution in [3.05, 3.63) is 58.7 Å². The minimum Gasteiger partial charge on any atom is -0.364 e. The van der Waals surface area contributed by atoms with Crippen LogP contribution in [0.1, 0.15) is 16.1 Å². The fourth-order valence-electron chi connectivity index (χ4n) is 2.44. The molecule has 0 bridgehead atoms. The Labute approximate surface area is 133 Å². The van der Waals surface area contributed by atoms with Gasteiger partial charge in [0.1, 0.15) is 5.69 Å². The zero-order valence-electron chi connectivity index (χ0n) is 11.8. The zero-order valence-corrected chi connectivity index (χ0v) is 13.4. The van der Waals surface area contributed by atoms with E-state index >= 15 is 0 Å². The molecule has 22 heavy (non-hydrogen) atoms. The first-order valence-electron chi connectivity index (χ1n) is 6.64. The van der Waals surface area contributed by atoms with Crippen molar-refractivity contribution >= 4 is 47.2 Å². The fraction of sp³-hybridized carbons (Fsp3) is 0.0625. The molecule has 0 spiro atoms. The molecule has 4 N–H and O–H groups in total. The van der Waals surface area contributed by atoms with Crippen molar-refractivity contribution < 1.29 is 9.69 Å². The van der Waals surface area contributed by atoms with Crippen LogP contribution in [0.15, 0.2) is 42.5 Å². The maximum absolute atomic E-state index is 11.7. The number of H-pyrrole nitrogens is 1. The molecule has 0 aliphatic carbocycles. The molecule has 3 rings (SSSR count). The number of rotatable bonds is 3. The highest BCUT2D eigenvalue weighted by Gasteiger charge is 2.24. The van der Waals surface area contributed by atoms with Gasteiger partial charge in [-0.25, -0.2) is 0 Å². The van der Waals surface area contributed by atoms with Gasteiger partial charge in [0.25, 0.3) is 5.91 Å². The third-order valence-corrected chi connectivity index (χ3v) is 5.33. The Morgan fingerprint density at radius 3 is 2.73 bits per heavy atom. The molecule has 1 unspecified atom stereocenters. The summed E-state index contributed by atoms with van der Waals surface area (Å²) in [6, 6.07) is 12.8. The number of carbonyl (C=O) groups excluding carboxylic acids is 1. The third kappa shape index (κ3) is 2.61. The topological polar surface area (TPSA) is 79.1 Å². The number of carbonyl (C=O) groups is 1. The summed E-state index contributed by atoms with van der Waals surface area (Å²) in [5.74, 6) is -0.600. The number of aromatic nitrogens is 1. The minimum atomic E-state index is -1.71. The highest BCUT2D eigenvalue weighted by molar-refractivity contribution is 7.68. The Balaban J connectivity index is 2.25. The molecule has 0 radical (unpaired) electrons. The van der Waals surface area contributed by atoms with Crippen LogP contribution in [0, 0.1) is 6.92 Å². The van der Waals surface area contributed by atoms with Crippen LogP contribution in [-0.4, -0.2) is 15.8 Å². The standard InChI is InChI=1S/C16H14ClN2O2P/c1-9-3-2-4-11(7-9)22(21)15-12-8-10(17)5-6-13(12)19-14(15)16(18)20/h2-8,19,21H,1H3,(H2,18,20). The minimum absolute atomic E-state index is 0.229. The first-order valence-corrected chi connectivity index (χ1v) is 8.31. The second-order valence-electron chi connectivity index (χ2n) is 5.05. The molecule has 0 aliphatic heterocycles. The molecule has 2 aromatic carbocycles. The number of nitrogens with two attached hydrogens (primary N) is 1. The molecule has 0 fully saturated rings. The molecule has 3 aromatic rings. The van der Waals surface area contributed by atoms with E-state index < -0.39 is 14.1 Å². The first kappa shape index (κ1) is 15.0. The normalized spacial score (nSPS) is 12.5. The molecule has 1 heterocycles. The van der Waals surface area contributed by atoms with Gasteiger partial charge >= 0.3 is 0 Å². The van der Waals surface area contributed by atoms with Gasteiger partial charge in [0.15, 0.2) is 0 Å². The van der Waals surface area contributed by atoms with E-state index in [9.17, 15) is 9.69 Å². The number of primary amides is 1. The maximum atomic E-state index is 11.7. The molecule has 112 valence electrons. The predicted molar refractivity (Wildman–Crippen MR) is 91.4 cm³/mol. The molecule has 0 saturated heterocycles. The SMILES string of the molecule is Cc1cccc(P(O)c2c(C(N)=O)[nH]c3ccc(Cl)cc23)c1. The fourth-order valence-corrected chi connectivity index (χ4v) is 4.21. The Bertz CT molecular complexity index is 876. The summed E-state index contributed by atoms with van der Waals surface area (Å²) in [6.07, 6.45) is 0. The lowest BCUT2D eigenvalue weighted by Gasteiger charge is -2.12. The van der Waals surface area contributed by atoms with Crippen molar-refractivity contribution in [3.8, 4) is 0 Å². The van der Waals surface area contributed by atoms with E-state index in [0.717, 1.165) is 21.8 Å². The van der Waals surface area contributed by atoms with Crippen LogP contribution in [-0.2, 0) is 0 Å². The quantitative estimate of drug-likeness (QED) is 0.644. The van der Waals surface area contributed by atoms with Crippen LogP contribution in [0.4, 0.5) is 0 Å². The number of hydrogen-bond acceptors (Lipinski definition) is 2. The van der Waals surface area contributed by atoms with E-state index in [-0.39, 0.29) is 5.69 Å². The Morgan fingerprint density at radius 2 is 2.05 bits per heavy atom. The van der Waals surface area contributed by atoms with Crippen molar-refractivity contribution in [2.24, 2.45) is 5.73 Å². The van der Waals surface area contributed by atoms with E-state index in [0.29, 0.717) is 10.3 Å². The summed E-state index contributed by atoms with van der Waals surface area (Å²) in [5, 5.41) is 2.54. The molecular weight excluding hydrogens is 319 g/mol. The summed E-state index contributed by atoms with van der Waals surface area (Å²) < 4.78 is 0. The highest BCUT2D eigenvalue weighted by Crippen LogP contribution is 2.34. The van der Waals surface area contributed by atoms with Gasteiger partial charge in [-0.05, 0) is 31.2 Å². The second kappa shape index (κ2) is 5.73. The average molecular weight is 333 g/mol. The molecule has 4 nitrogen and oxygen atoms in total. The monoisotopic (exact) mass is 332 g/mol. The number of benzene rings is 2. The van der Waals surface area contributed by atoms with Crippen molar-refractivity contribution in [1.29, 1.82) is 0 Å². The molecule has 1 amide bonds. The zero-order chi connectivity index (χ0) is 15.9. The van der Waals surface area contributed by atoms with Crippen molar-refractivity contribution in [3.63, 3.8) is 0 Å². The van der Waals surface area contributed by atoms with Gasteiger partial charge in [-0.15, -0.1) is 0 Å². The largest absolute Gasteiger partial charge is 0.364 e. The van der Waals surface area contributed by atoms with Gasteiger partial charge in [0.05, 0.1) is 8.15 Å². The van der Waals surface area contributed by atoms with Crippen LogP contribution < -0.4 is 16.3 Å². The van der Waals surface area contributed by atoms with Crippen LogP contribution >= 0.6 is 19.7 Å². The number of aryl methyl sites for hydroxylation is 1. The first-order chi connectivity index (χ1) is 10.5. The van der Waals surface area contributed by atoms with Crippen LogP contribution in [0.5, 0.6) is 0 Å². The number of nitrogens with one attached hydrogen (secondary N) is 1. The number of aromatic amines is 1. The Morgan fingerprint density at radius 1 is 1.27 bits per heavy atom. The van der Waals surface area contributed by atoms with E-state index in [1.165, 1.54) is 0 Å². The maximum Gasteiger partial charge on any atom is 0.265 e. The molecule has 6 heteroatoms. The predicted octanol–water partition coefficient (Wildman–Crippen LogP) is 2.57. The Kier molecular flexibility index (Phi) is 3.92. The van der Waals surface area contributed by atoms with Gasteiger partial charge in [-0.1, -0.05) is 35.4 Å². The van der Waals surface area contributed by atoms with Gasteiger partial charge in [0.2, 0.25) is 0 Å². The highest BCUT2D eigenvalue weighted by atomic mass is 35.5. The summed E-state index contributed by atoms with van der Waals surface area (Å²) in [7, 11) is -1.71. The summed E-state index contributed by atoms with van der Waals surface area (Å²) in [4.78, 5) is 25.5.